The van der Waals surface area contributed by atoms with Crippen LogP contribution in [0.1, 0.15) is 26.7 Å². The lowest BCUT2D eigenvalue weighted by molar-refractivity contribution is 0.542. The molecule has 2 fully saturated rings. The summed E-state index contributed by atoms with van der Waals surface area (Å²) < 4.78 is 13.8. The maximum absolute atomic E-state index is 13.8. The fraction of sp³-hybridized carbons (Fsp3) is 0.400. The Labute approximate surface area is 209 Å². The van der Waals surface area contributed by atoms with Gasteiger partial charge < -0.3 is 14.7 Å². The van der Waals surface area contributed by atoms with Crippen molar-refractivity contribution < 1.29 is 4.39 Å². The summed E-state index contributed by atoms with van der Waals surface area (Å²) in [5.41, 5.74) is 1.51. The summed E-state index contributed by atoms with van der Waals surface area (Å²) in [5, 5.41) is 0.744. The molecule has 178 valence electrons. The largest absolute Gasteiger partial charge is 0.352 e. The molecule has 0 bridgehead atoms. The number of halogens is 3. The van der Waals surface area contributed by atoms with Crippen molar-refractivity contribution >= 4 is 40.8 Å². The minimum atomic E-state index is -0.439. The Morgan fingerprint density at radius 1 is 0.941 bits per heavy atom. The van der Waals surface area contributed by atoms with E-state index in [1.54, 1.807) is 18.3 Å². The third kappa shape index (κ3) is 4.51. The minimum absolute atomic E-state index is 0.0861. The fourth-order valence-electron chi connectivity index (χ4n) is 4.83. The molecule has 0 spiro atoms. The first-order chi connectivity index (χ1) is 16.4. The zero-order valence-electron chi connectivity index (χ0n) is 19.3. The van der Waals surface area contributed by atoms with Crippen LogP contribution in [-0.4, -0.2) is 53.2 Å². The summed E-state index contributed by atoms with van der Waals surface area (Å²) >= 11 is 12.5. The highest BCUT2D eigenvalue weighted by Gasteiger charge is 2.29. The Balaban J connectivity index is 1.49. The molecule has 2 atom stereocenters. The molecule has 2 aromatic heterocycles. The lowest BCUT2D eigenvalue weighted by Gasteiger charge is -2.41. The number of rotatable bonds is 4. The first-order valence-electron chi connectivity index (χ1n) is 11.6. The Kier molecular flexibility index (Phi) is 6.49. The zero-order chi connectivity index (χ0) is 23.8. The van der Waals surface area contributed by atoms with Gasteiger partial charge in [0.2, 0.25) is 5.95 Å². The molecule has 0 N–H and O–H groups in total. The maximum atomic E-state index is 13.8. The van der Waals surface area contributed by atoms with E-state index < -0.39 is 5.82 Å². The summed E-state index contributed by atoms with van der Waals surface area (Å²) in [5.74, 6) is 1.94. The predicted octanol–water partition coefficient (Wildman–Crippen LogP) is 5.69. The van der Waals surface area contributed by atoms with E-state index >= 15 is 0 Å². The van der Waals surface area contributed by atoms with Crippen LogP contribution in [0.3, 0.4) is 0 Å². The molecule has 3 aromatic rings. The molecule has 6 nitrogen and oxygen atoms in total. The normalized spacial score (nSPS) is 20.8. The molecule has 0 aliphatic carbocycles. The molecule has 2 saturated heterocycles. The van der Waals surface area contributed by atoms with E-state index in [0.717, 1.165) is 61.9 Å². The maximum Gasteiger partial charge on any atom is 0.228 e. The van der Waals surface area contributed by atoms with E-state index in [0.29, 0.717) is 17.0 Å². The second kappa shape index (κ2) is 9.55. The van der Waals surface area contributed by atoms with Crippen LogP contribution in [0.4, 0.5) is 22.0 Å². The zero-order valence-corrected chi connectivity index (χ0v) is 20.8. The second-order valence-electron chi connectivity index (χ2n) is 9.02. The molecule has 0 saturated carbocycles. The summed E-state index contributed by atoms with van der Waals surface area (Å²) in [6.07, 6.45) is 4.00. The van der Waals surface area contributed by atoms with Crippen LogP contribution < -0.4 is 14.7 Å². The van der Waals surface area contributed by atoms with Gasteiger partial charge in [-0.1, -0.05) is 23.2 Å². The number of aromatic nitrogens is 3. The van der Waals surface area contributed by atoms with Crippen molar-refractivity contribution in [2.45, 2.75) is 38.8 Å². The Hall–Kier alpha value is -2.64. The molecule has 2 aliphatic heterocycles. The molecule has 0 amide bonds. The van der Waals surface area contributed by atoms with E-state index in [4.69, 9.17) is 33.2 Å². The van der Waals surface area contributed by atoms with Gasteiger partial charge in [-0.25, -0.2) is 14.4 Å². The molecular weight excluding hydrogens is 474 g/mol. The molecule has 9 heteroatoms. The van der Waals surface area contributed by atoms with Gasteiger partial charge in [0.25, 0.3) is 0 Å². The summed E-state index contributed by atoms with van der Waals surface area (Å²) in [6.45, 7) is 7.62. The minimum Gasteiger partial charge on any atom is -0.352 e. The highest BCUT2D eigenvalue weighted by molar-refractivity contribution is 6.33. The molecular formula is C25H27Cl2FN6. The van der Waals surface area contributed by atoms with Gasteiger partial charge >= 0.3 is 0 Å². The number of anilines is 3. The van der Waals surface area contributed by atoms with E-state index in [9.17, 15) is 4.39 Å². The molecule has 0 unspecified atom stereocenters. The fourth-order valence-corrected chi connectivity index (χ4v) is 5.25. The SMILES string of the molecule is C[C@@H]1CN(c2ncccc2Cl)CCN1c1cc(-c2ccc(F)c(Cl)c2)nc(N2CCC[C@H]2C)n1. The van der Waals surface area contributed by atoms with Crippen molar-refractivity contribution in [3.8, 4) is 11.3 Å². The smallest absolute Gasteiger partial charge is 0.228 e. The molecule has 2 aliphatic rings. The Morgan fingerprint density at radius 3 is 2.50 bits per heavy atom. The van der Waals surface area contributed by atoms with Crippen LogP contribution in [0.2, 0.25) is 10.0 Å². The van der Waals surface area contributed by atoms with Gasteiger partial charge in [0, 0.05) is 56.1 Å². The van der Waals surface area contributed by atoms with E-state index in [2.05, 4.69) is 33.5 Å². The van der Waals surface area contributed by atoms with Crippen molar-refractivity contribution in [2.75, 3.05) is 40.9 Å². The topological polar surface area (TPSA) is 48.4 Å². The number of piperazine rings is 1. The van der Waals surface area contributed by atoms with Crippen LogP contribution >= 0.6 is 23.2 Å². The van der Waals surface area contributed by atoms with Crippen molar-refractivity contribution in [1.82, 2.24) is 15.0 Å². The number of benzene rings is 1. The molecule has 4 heterocycles. The van der Waals surface area contributed by atoms with E-state index in [-0.39, 0.29) is 11.1 Å². The van der Waals surface area contributed by atoms with Crippen molar-refractivity contribution in [2.24, 2.45) is 0 Å². The molecule has 0 radical (unpaired) electrons. The van der Waals surface area contributed by atoms with Gasteiger partial charge in [-0.05, 0) is 57.0 Å². The first kappa shape index (κ1) is 23.1. The van der Waals surface area contributed by atoms with Gasteiger partial charge in [-0.3, -0.25) is 0 Å². The third-order valence-corrected chi connectivity index (χ3v) is 7.27. The second-order valence-corrected chi connectivity index (χ2v) is 9.84. The Morgan fingerprint density at radius 2 is 1.79 bits per heavy atom. The Bertz CT molecular complexity index is 1190. The van der Waals surface area contributed by atoms with E-state index in [1.165, 1.54) is 6.07 Å². The number of hydrogen-bond acceptors (Lipinski definition) is 6. The standard InChI is InChI=1S/C25H27Cl2FN6/c1-16-5-4-10-34(16)25-30-22(18-7-8-21(28)20(27)13-18)14-23(31-25)33-12-11-32(15-17(33)2)24-19(26)6-3-9-29-24/h3,6-9,13-14,16-17H,4-5,10-12,15H2,1-2H3/t16-,17-/m1/s1. The van der Waals surface area contributed by atoms with E-state index in [1.807, 2.05) is 18.2 Å². The number of pyridine rings is 1. The summed E-state index contributed by atoms with van der Waals surface area (Å²) in [4.78, 5) is 21.1. The third-order valence-electron chi connectivity index (χ3n) is 6.69. The van der Waals surface area contributed by atoms with Gasteiger partial charge in [-0.15, -0.1) is 0 Å². The summed E-state index contributed by atoms with van der Waals surface area (Å²) in [6, 6.07) is 11.0. The van der Waals surface area contributed by atoms with Crippen LogP contribution in [0.5, 0.6) is 0 Å². The number of hydrogen-bond donors (Lipinski definition) is 0. The van der Waals surface area contributed by atoms with Crippen LogP contribution in [0.15, 0.2) is 42.6 Å². The van der Waals surface area contributed by atoms with Crippen LogP contribution in [-0.2, 0) is 0 Å². The summed E-state index contributed by atoms with van der Waals surface area (Å²) in [7, 11) is 0. The van der Waals surface area contributed by atoms with Crippen molar-refractivity contribution in [3.05, 3.63) is 58.5 Å². The quantitative estimate of drug-likeness (QED) is 0.458. The highest BCUT2D eigenvalue weighted by Crippen LogP contribution is 2.32. The average molecular weight is 501 g/mol. The predicted molar refractivity (Wildman–Crippen MR) is 137 cm³/mol. The van der Waals surface area contributed by atoms with Gasteiger partial charge in [0.15, 0.2) is 0 Å². The lowest BCUT2D eigenvalue weighted by Crippen LogP contribution is -2.52. The molecule has 1 aromatic carbocycles. The van der Waals surface area contributed by atoms with Crippen LogP contribution in [0.25, 0.3) is 11.3 Å². The monoisotopic (exact) mass is 500 g/mol. The van der Waals surface area contributed by atoms with Gasteiger partial charge in [0.05, 0.1) is 15.7 Å². The molecule has 5 rings (SSSR count). The van der Waals surface area contributed by atoms with Crippen molar-refractivity contribution in [3.63, 3.8) is 0 Å². The molecule has 34 heavy (non-hydrogen) atoms. The highest BCUT2D eigenvalue weighted by atomic mass is 35.5. The lowest BCUT2D eigenvalue weighted by atomic mass is 10.1. The first-order valence-corrected chi connectivity index (χ1v) is 12.4. The average Bonchev–Trinajstić information content (AvgIpc) is 3.26. The van der Waals surface area contributed by atoms with Gasteiger partial charge in [0.1, 0.15) is 17.5 Å². The number of nitrogens with zero attached hydrogens (tertiary/aromatic N) is 6. The van der Waals surface area contributed by atoms with Gasteiger partial charge in [-0.2, -0.15) is 4.98 Å². The van der Waals surface area contributed by atoms with Crippen LogP contribution in [0, 0.1) is 5.82 Å². The van der Waals surface area contributed by atoms with Crippen molar-refractivity contribution in [1.29, 1.82) is 0 Å².